The van der Waals surface area contributed by atoms with Gasteiger partial charge in [0.25, 0.3) is 5.91 Å². The number of alkyl halides is 6. The fourth-order valence-corrected chi connectivity index (χ4v) is 3.98. The van der Waals surface area contributed by atoms with Crippen molar-refractivity contribution in [1.29, 1.82) is 0 Å². The predicted molar refractivity (Wildman–Crippen MR) is 140 cm³/mol. The summed E-state index contributed by atoms with van der Waals surface area (Å²) in [7, 11) is 0. The molecule has 4 aromatic heterocycles. The first kappa shape index (κ1) is 33.4. The molecule has 0 radical (unpaired) electrons. The van der Waals surface area contributed by atoms with Gasteiger partial charge in [-0.3, -0.25) is 9.78 Å². The largest absolute Gasteiger partial charge is 0.490 e. The van der Waals surface area contributed by atoms with Gasteiger partial charge in [-0.15, -0.1) is 0 Å². The summed E-state index contributed by atoms with van der Waals surface area (Å²) in [6.07, 6.45) is -2.71. The van der Waals surface area contributed by atoms with Crippen molar-refractivity contribution in [2.75, 3.05) is 13.1 Å². The molecule has 4 aromatic rings. The lowest BCUT2D eigenvalue weighted by molar-refractivity contribution is -0.193. The van der Waals surface area contributed by atoms with Crippen LogP contribution in [0.3, 0.4) is 0 Å². The van der Waals surface area contributed by atoms with Crippen LogP contribution in [0.4, 0.5) is 26.3 Å². The SMILES string of the molecule is Cc1cccc(C(=O)N2CCCC(c3nc4ccc(-c5ccncc5)cn4n3)C2)n1.O=C(O)C(F)(F)F.O=C(O)C(F)(F)F. The van der Waals surface area contributed by atoms with Crippen molar-refractivity contribution in [2.45, 2.75) is 38.0 Å². The van der Waals surface area contributed by atoms with Gasteiger partial charge in [0.2, 0.25) is 0 Å². The summed E-state index contributed by atoms with van der Waals surface area (Å²) in [4.78, 5) is 45.8. The number of likely N-dealkylation sites (tertiary alicyclic amines) is 1. The maximum atomic E-state index is 12.9. The van der Waals surface area contributed by atoms with E-state index >= 15 is 0 Å². The zero-order valence-electron chi connectivity index (χ0n) is 22.7. The van der Waals surface area contributed by atoms with Gasteiger partial charge in [0.1, 0.15) is 5.69 Å². The fourth-order valence-electron chi connectivity index (χ4n) is 3.98. The number of piperidine rings is 1. The minimum atomic E-state index is -5.08. The zero-order valence-corrected chi connectivity index (χ0v) is 22.7. The molecule has 17 heteroatoms. The van der Waals surface area contributed by atoms with E-state index in [0.29, 0.717) is 12.2 Å². The predicted octanol–water partition coefficient (Wildman–Crippen LogP) is 4.78. The number of aliphatic carboxylic acids is 2. The number of carboxylic acids is 2. The van der Waals surface area contributed by atoms with E-state index in [2.05, 4.69) is 9.97 Å². The number of pyridine rings is 3. The molecule has 44 heavy (non-hydrogen) atoms. The van der Waals surface area contributed by atoms with Crippen molar-refractivity contribution in [1.82, 2.24) is 29.5 Å². The molecule has 1 fully saturated rings. The highest BCUT2D eigenvalue weighted by molar-refractivity contribution is 5.92. The standard InChI is InChI=1S/C23H22N6O.2C2HF3O2/c1-16-4-2-6-20(25-16)23(30)28-13-3-5-19(14-28)22-26-21-8-7-18(15-29(21)27-22)17-9-11-24-12-10-17;2*3-2(4,5)1(6)7/h2,4,6-12,15,19H,3,5,13-14H2,1H3;2*(H,6,7). The summed E-state index contributed by atoms with van der Waals surface area (Å²) in [5, 5.41) is 19.0. The van der Waals surface area contributed by atoms with E-state index < -0.39 is 24.3 Å². The van der Waals surface area contributed by atoms with E-state index in [4.69, 9.17) is 29.9 Å². The third-order valence-electron chi connectivity index (χ3n) is 6.03. The average Bonchev–Trinajstić information content (AvgIpc) is 3.41. The molecule has 1 amide bonds. The summed E-state index contributed by atoms with van der Waals surface area (Å²) in [6, 6.07) is 13.5. The topological polar surface area (TPSA) is 151 Å². The Labute approximate surface area is 244 Å². The monoisotopic (exact) mass is 626 g/mol. The van der Waals surface area contributed by atoms with Crippen LogP contribution >= 0.6 is 0 Å². The Kier molecular flexibility index (Phi) is 10.6. The molecule has 1 saturated heterocycles. The van der Waals surface area contributed by atoms with Gasteiger partial charge in [0.05, 0.1) is 0 Å². The van der Waals surface area contributed by atoms with Crippen LogP contribution in [0.25, 0.3) is 16.8 Å². The lowest BCUT2D eigenvalue weighted by atomic mass is 9.97. The van der Waals surface area contributed by atoms with Gasteiger partial charge in [-0.05, 0) is 61.7 Å². The number of hydrogen-bond donors (Lipinski definition) is 2. The first-order chi connectivity index (χ1) is 20.6. The van der Waals surface area contributed by atoms with Crippen LogP contribution in [0.5, 0.6) is 0 Å². The van der Waals surface area contributed by atoms with Crippen LogP contribution < -0.4 is 0 Å². The number of aromatic nitrogens is 5. The molecule has 1 aliphatic heterocycles. The van der Waals surface area contributed by atoms with Gasteiger partial charge in [0, 0.05) is 48.9 Å². The third kappa shape index (κ3) is 9.20. The number of fused-ring (bicyclic) bond motifs is 1. The van der Waals surface area contributed by atoms with Gasteiger partial charge in [-0.2, -0.15) is 31.4 Å². The number of halogens is 6. The van der Waals surface area contributed by atoms with Crippen LogP contribution in [0.15, 0.2) is 61.1 Å². The minimum absolute atomic E-state index is 0.0212. The second-order valence-corrected chi connectivity index (χ2v) is 9.29. The molecule has 0 aliphatic carbocycles. The first-order valence-electron chi connectivity index (χ1n) is 12.7. The normalized spacial score (nSPS) is 15.0. The van der Waals surface area contributed by atoms with Crippen molar-refractivity contribution < 1.29 is 50.9 Å². The molecular formula is C27H24F6N6O5. The minimum Gasteiger partial charge on any atom is -0.475 e. The van der Waals surface area contributed by atoms with Crippen molar-refractivity contribution in [3.8, 4) is 11.1 Å². The number of rotatable bonds is 3. The van der Waals surface area contributed by atoms with Crippen LogP contribution in [0.2, 0.25) is 0 Å². The number of carboxylic acid groups (broad SMARTS) is 2. The number of nitrogens with zero attached hydrogens (tertiary/aromatic N) is 6. The molecule has 11 nitrogen and oxygen atoms in total. The second-order valence-electron chi connectivity index (χ2n) is 9.29. The molecule has 0 spiro atoms. The summed E-state index contributed by atoms with van der Waals surface area (Å²) in [5.41, 5.74) is 4.31. The van der Waals surface area contributed by atoms with Crippen LogP contribution in [-0.2, 0) is 9.59 Å². The first-order valence-corrected chi connectivity index (χ1v) is 12.7. The van der Waals surface area contributed by atoms with Crippen LogP contribution in [0, 0.1) is 6.92 Å². The zero-order chi connectivity index (χ0) is 32.7. The highest BCUT2D eigenvalue weighted by Gasteiger charge is 2.39. The van der Waals surface area contributed by atoms with E-state index in [1.165, 1.54) is 0 Å². The van der Waals surface area contributed by atoms with E-state index in [1.54, 1.807) is 18.5 Å². The van der Waals surface area contributed by atoms with Gasteiger partial charge >= 0.3 is 24.3 Å². The summed E-state index contributed by atoms with van der Waals surface area (Å²) in [5.74, 6) is -4.62. The van der Waals surface area contributed by atoms with Crippen LogP contribution in [0.1, 0.15) is 40.8 Å². The Morgan fingerprint density at radius 2 is 1.48 bits per heavy atom. The van der Waals surface area contributed by atoms with Gasteiger partial charge in [-0.25, -0.2) is 24.1 Å². The van der Waals surface area contributed by atoms with E-state index in [1.807, 2.05) is 58.9 Å². The molecule has 1 aliphatic rings. The highest BCUT2D eigenvalue weighted by atomic mass is 19.4. The molecule has 1 atom stereocenters. The maximum Gasteiger partial charge on any atom is 0.490 e. The Hall–Kier alpha value is -5.09. The summed E-state index contributed by atoms with van der Waals surface area (Å²) in [6.45, 7) is 3.25. The van der Waals surface area contributed by atoms with E-state index in [0.717, 1.165) is 47.7 Å². The summed E-state index contributed by atoms with van der Waals surface area (Å²) < 4.78 is 65.3. The lowest BCUT2D eigenvalue weighted by Gasteiger charge is -2.31. The molecule has 0 bridgehead atoms. The molecule has 5 heterocycles. The number of aryl methyl sites for hydroxylation is 1. The van der Waals surface area contributed by atoms with Crippen molar-refractivity contribution in [3.63, 3.8) is 0 Å². The average molecular weight is 627 g/mol. The molecule has 234 valence electrons. The highest BCUT2D eigenvalue weighted by Crippen LogP contribution is 2.27. The van der Waals surface area contributed by atoms with Gasteiger partial charge in [0.15, 0.2) is 11.5 Å². The van der Waals surface area contributed by atoms with Crippen molar-refractivity contribution in [3.05, 3.63) is 78.3 Å². The Morgan fingerprint density at radius 3 is 2.05 bits per heavy atom. The molecular weight excluding hydrogens is 602 g/mol. The maximum absolute atomic E-state index is 12.9. The molecule has 2 N–H and O–H groups in total. The van der Waals surface area contributed by atoms with E-state index in [-0.39, 0.29) is 11.8 Å². The Balaban J connectivity index is 0.000000317. The van der Waals surface area contributed by atoms with Crippen molar-refractivity contribution in [2.24, 2.45) is 0 Å². The second kappa shape index (κ2) is 13.9. The number of amides is 1. The fraction of sp³-hybridized carbons (Fsp3) is 0.296. The quantitative estimate of drug-likeness (QED) is 0.306. The lowest BCUT2D eigenvalue weighted by Crippen LogP contribution is -2.39. The molecule has 0 aromatic carbocycles. The molecule has 5 rings (SSSR count). The van der Waals surface area contributed by atoms with Gasteiger partial charge < -0.3 is 15.1 Å². The smallest absolute Gasteiger partial charge is 0.475 e. The number of carbonyl (C=O) groups excluding carboxylic acids is 1. The summed E-state index contributed by atoms with van der Waals surface area (Å²) >= 11 is 0. The van der Waals surface area contributed by atoms with Gasteiger partial charge in [-0.1, -0.05) is 6.07 Å². The Morgan fingerprint density at radius 1 is 0.864 bits per heavy atom. The molecule has 1 unspecified atom stereocenters. The molecule has 0 saturated carbocycles. The number of carbonyl (C=O) groups is 3. The van der Waals surface area contributed by atoms with E-state index in [9.17, 15) is 31.1 Å². The van der Waals surface area contributed by atoms with Crippen molar-refractivity contribution >= 4 is 23.5 Å². The number of hydrogen-bond acceptors (Lipinski definition) is 7. The van der Waals surface area contributed by atoms with Crippen LogP contribution in [-0.4, -0.2) is 83.0 Å². The third-order valence-corrected chi connectivity index (χ3v) is 6.03. The Bertz CT molecular complexity index is 1590.